The third-order valence-electron chi connectivity index (χ3n) is 4.42. The smallest absolute Gasteiger partial charge is 0.393 e. The Hall–Kier alpha value is -1.60. The molecule has 4 nitrogen and oxygen atoms in total. The third kappa shape index (κ3) is 4.27. The number of hydrogen-bond acceptors (Lipinski definition) is 3. The normalized spacial score (nSPS) is 23.2. The van der Waals surface area contributed by atoms with Gasteiger partial charge >= 0.3 is 6.18 Å². The predicted molar refractivity (Wildman–Crippen MR) is 84.1 cm³/mol. The largest absolute Gasteiger partial charge is 0.404 e. The van der Waals surface area contributed by atoms with Crippen LogP contribution in [0.1, 0.15) is 25.3 Å². The lowest BCUT2D eigenvalue weighted by Crippen LogP contribution is -2.52. The Morgan fingerprint density at radius 2 is 2.04 bits per heavy atom. The van der Waals surface area contributed by atoms with E-state index in [-0.39, 0.29) is 32.5 Å². The minimum Gasteiger partial charge on any atom is -0.393 e. The first kappa shape index (κ1) is 18.7. The SMILES string of the molecule is CC(O)CCNC(=O)C1(C(F)(F)F)CCN(Cc2ccccc2)C1. The fraction of sp³-hybridized carbons (Fsp3) is 0.588. The van der Waals surface area contributed by atoms with Crippen LogP contribution in [0.5, 0.6) is 0 Å². The number of amides is 1. The minimum absolute atomic E-state index is 0.0347. The number of carbonyl (C=O) groups excluding carboxylic acids is 1. The van der Waals surface area contributed by atoms with Gasteiger partial charge in [-0.2, -0.15) is 13.2 Å². The van der Waals surface area contributed by atoms with Gasteiger partial charge in [-0.15, -0.1) is 0 Å². The summed E-state index contributed by atoms with van der Waals surface area (Å²) in [6.07, 6.45) is -5.28. The van der Waals surface area contributed by atoms with Crippen LogP contribution < -0.4 is 5.32 Å². The van der Waals surface area contributed by atoms with Gasteiger partial charge in [0.25, 0.3) is 0 Å². The van der Waals surface area contributed by atoms with Crippen molar-refractivity contribution in [3.63, 3.8) is 0 Å². The number of nitrogens with zero attached hydrogens (tertiary/aromatic N) is 1. The molecular formula is C17H23F3N2O2. The van der Waals surface area contributed by atoms with Crippen LogP contribution in [-0.4, -0.2) is 47.8 Å². The summed E-state index contributed by atoms with van der Waals surface area (Å²) in [7, 11) is 0. The molecule has 1 amide bonds. The molecule has 1 aliphatic rings. The molecule has 2 atom stereocenters. The minimum atomic E-state index is -4.60. The van der Waals surface area contributed by atoms with Gasteiger partial charge in [-0.3, -0.25) is 9.69 Å². The number of alkyl halides is 3. The van der Waals surface area contributed by atoms with Crippen molar-refractivity contribution < 1.29 is 23.1 Å². The quantitative estimate of drug-likeness (QED) is 0.833. The van der Waals surface area contributed by atoms with Gasteiger partial charge in [0.2, 0.25) is 5.91 Å². The standard InChI is InChI=1S/C17H23F3N2O2/c1-13(23)7-9-21-15(24)16(17(18,19)20)8-10-22(12-16)11-14-5-3-2-4-6-14/h2-6,13,23H,7-12H2,1H3,(H,21,24). The number of likely N-dealkylation sites (tertiary alicyclic amines) is 1. The van der Waals surface area contributed by atoms with Gasteiger partial charge in [-0.25, -0.2) is 0 Å². The van der Waals surface area contributed by atoms with Crippen LogP contribution in [-0.2, 0) is 11.3 Å². The van der Waals surface area contributed by atoms with E-state index in [0.29, 0.717) is 6.54 Å². The Balaban J connectivity index is 2.05. The highest BCUT2D eigenvalue weighted by atomic mass is 19.4. The van der Waals surface area contributed by atoms with Crippen molar-refractivity contribution in [3.8, 4) is 0 Å². The van der Waals surface area contributed by atoms with Crippen molar-refractivity contribution in [1.29, 1.82) is 0 Å². The first-order valence-electron chi connectivity index (χ1n) is 8.04. The Morgan fingerprint density at radius 3 is 2.62 bits per heavy atom. The van der Waals surface area contributed by atoms with Gasteiger partial charge in [-0.1, -0.05) is 30.3 Å². The predicted octanol–water partition coefficient (Wildman–Crippen LogP) is 2.33. The maximum absolute atomic E-state index is 13.6. The number of aliphatic hydroxyl groups is 1. The number of halogens is 3. The van der Waals surface area contributed by atoms with Gasteiger partial charge in [0.1, 0.15) is 0 Å². The zero-order valence-corrected chi connectivity index (χ0v) is 13.6. The lowest BCUT2D eigenvalue weighted by molar-refractivity contribution is -0.218. The monoisotopic (exact) mass is 344 g/mol. The van der Waals surface area contributed by atoms with Crippen LogP contribution in [0.2, 0.25) is 0 Å². The van der Waals surface area contributed by atoms with Crippen molar-refractivity contribution in [2.24, 2.45) is 5.41 Å². The fourth-order valence-corrected chi connectivity index (χ4v) is 2.97. The van der Waals surface area contributed by atoms with Crippen LogP contribution in [0.25, 0.3) is 0 Å². The van der Waals surface area contributed by atoms with E-state index in [1.807, 2.05) is 30.3 Å². The van der Waals surface area contributed by atoms with Crippen LogP contribution in [0.3, 0.4) is 0 Å². The second-order valence-electron chi connectivity index (χ2n) is 6.42. The topological polar surface area (TPSA) is 52.6 Å². The Bertz CT molecular complexity index is 549. The van der Waals surface area contributed by atoms with E-state index >= 15 is 0 Å². The molecule has 0 bridgehead atoms. The highest BCUT2D eigenvalue weighted by Gasteiger charge is 2.62. The first-order valence-corrected chi connectivity index (χ1v) is 8.04. The van der Waals surface area contributed by atoms with Crippen molar-refractivity contribution in [3.05, 3.63) is 35.9 Å². The first-order chi connectivity index (χ1) is 11.2. The second-order valence-corrected chi connectivity index (χ2v) is 6.42. The lowest BCUT2D eigenvalue weighted by Gasteiger charge is -2.30. The van der Waals surface area contributed by atoms with E-state index in [1.165, 1.54) is 6.92 Å². The zero-order chi connectivity index (χ0) is 17.8. The molecule has 2 rings (SSSR count). The van der Waals surface area contributed by atoms with E-state index in [1.54, 1.807) is 4.90 Å². The average Bonchev–Trinajstić information content (AvgIpc) is 2.93. The van der Waals surface area contributed by atoms with E-state index < -0.39 is 23.6 Å². The van der Waals surface area contributed by atoms with Crippen LogP contribution in [0.15, 0.2) is 30.3 Å². The fourth-order valence-electron chi connectivity index (χ4n) is 2.97. The number of rotatable bonds is 6. The van der Waals surface area contributed by atoms with Crippen LogP contribution in [0.4, 0.5) is 13.2 Å². The van der Waals surface area contributed by atoms with Gasteiger partial charge in [0.15, 0.2) is 5.41 Å². The number of hydrogen-bond donors (Lipinski definition) is 2. The average molecular weight is 344 g/mol. The molecule has 2 unspecified atom stereocenters. The molecule has 2 N–H and O–H groups in total. The Labute approximate surface area is 139 Å². The molecule has 134 valence electrons. The molecule has 1 aliphatic heterocycles. The van der Waals surface area contributed by atoms with Gasteiger partial charge in [0, 0.05) is 19.6 Å². The summed E-state index contributed by atoms with van der Waals surface area (Å²) in [6, 6.07) is 9.24. The van der Waals surface area contributed by atoms with Crippen molar-refractivity contribution >= 4 is 5.91 Å². The molecular weight excluding hydrogens is 321 g/mol. The third-order valence-corrected chi connectivity index (χ3v) is 4.42. The summed E-state index contributed by atoms with van der Waals surface area (Å²) in [6.45, 7) is 1.83. The van der Waals surface area contributed by atoms with Crippen LogP contribution >= 0.6 is 0 Å². The maximum atomic E-state index is 13.6. The molecule has 1 fully saturated rings. The van der Waals surface area contributed by atoms with E-state index in [0.717, 1.165) is 5.56 Å². The highest BCUT2D eigenvalue weighted by Crippen LogP contribution is 2.46. The van der Waals surface area contributed by atoms with Gasteiger partial charge in [0.05, 0.1) is 6.10 Å². The zero-order valence-electron chi connectivity index (χ0n) is 13.6. The molecule has 0 radical (unpaired) electrons. The number of carbonyl (C=O) groups is 1. The summed E-state index contributed by atoms with van der Waals surface area (Å²) in [5.74, 6) is -0.994. The molecule has 1 heterocycles. The van der Waals surface area contributed by atoms with E-state index in [9.17, 15) is 23.1 Å². The molecule has 1 aromatic rings. The number of benzene rings is 1. The molecule has 0 aliphatic carbocycles. The summed E-state index contributed by atoms with van der Waals surface area (Å²) in [5, 5.41) is 11.5. The van der Waals surface area contributed by atoms with E-state index in [2.05, 4.69) is 5.32 Å². The molecule has 1 aromatic carbocycles. The van der Waals surface area contributed by atoms with Crippen LogP contribution in [0, 0.1) is 5.41 Å². The molecule has 1 saturated heterocycles. The van der Waals surface area contributed by atoms with Crippen molar-refractivity contribution in [2.45, 2.75) is 38.6 Å². The Morgan fingerprint density at radius 1 is 1.38 bits per heavy atom. The van der Waals surface area contributed by atoms with Gasteiger partial charge in [-0.05, 0) is 31.9 Å². The maximum Gasteiger partial charge on any atom is 0.404 e. The Kier molecular flexibility index (Phi) is 5.87. The molecule has 7 heteroatoms. The van der Waals surface area contributed by atoms with Gasteiger partial charge < -0.3 is 10.4 Å². The summed E-state index contributed by atoms with van der Waals surface area (Å²) < 4.78 is 40.9. The molecule has 24 heavy (non-hydrogen) atoms. The van der Waals surface area contributed by atoms with Crippen molar-refractivity contribution in [1.82, 2.24) is 10.2 Å². The molecule has 0 aromatic heterocycles. The molecule has 0 saturated carbocycles. The summed E-state index contributed by atoms with van der Waals surface area (Å²) in [5.41, 5.74) is -1.45. The lowest BCUT2D eigenvalue weighted by atomic mass is 9.85. The van der Waals surface area contributed by atoms with E-state index in [4.69, 9.17) is 0 Å². The second kappa shape index (κ2) is 7.53. The van der Waals surface area contributed by atoms with Crippen molar-refractivity contribution in [2.75, 3.05) is 19.6 Å². The summed E-state index contributed by atoms with van der Waals surface area (Å²) in [4.78, 5) is 13.9. The summed E-state index contributed by atoms with van der Waals surface area (Å²) >= 11 is 0. The highest BCUT2D eigenvalue weighted by molar-refractivity contribution is 5.84. The molecule has 0 spiro atoms. The number of nitrogens with one attached hydrogen (secondary N) is 1. The number of aliphatic hydroxyl groups excluding tert-OH is 1.